The highest BCUT2D eigenvalue weighted by Crippen LogP contribution is 2.33. The molecule has 1 amide bonds. The molecule has 0 radical (unpaired) electrons. The van der Waals surface area contributed by atoms with E-state index in [4.69, 9.17) is 9.26 Å². The van der Waals surface area contributed by atoms with Crippen LogP contribution in [-0.4, -0.2) is 30.9 Å². The molecule has 0 bridgehead atoms. The lowest BCUT2D eigenvalue weighted by Crippen LogP contribution is -2.17. The number of rotatable bonds is 7. The topological polar surface area (TPSA) is 67.6 Å². The average Bonchev–Trinajstić information content (AvgIpc) is 3.50. The Morgan fingerprint density at radius 3 is 2.26 bits per heavy atom. The number of aryl methyl sites for hydroxylation is 1. The Morgan fingerprint density at radius 2 is 1.68 bits per heavy atom. The van der Waals surface area contributed by atoms with Gasteiger partial charge in [-0.1, -0.05) is 59.8 Å². The Kier molecular flexibility index (Phi) is 7.16. The van der Waals surface area contributed by atoms with Crippen LogP contribution in [0.3, 0.4) is 0 Å². The number of hydrogen-bond acceptors (Lipinski definition) is 5. The maximum atomic E-state index is 12.4. The number of nitrogens with zero attached hydrogens (tertiary/aromatic N) is 2. The standard InChI is InChI=1S/C28H31N3O3/c1-5-21(19(2)3)18-33-28(32)29-26-20(4)30-34-27(26)24-10-8-22(9-11-24)23-12-14-25(15-13-23)31-16-6-7-17-31/h5,8-15H,2,6-7,16-18H2,1,3-4H3,(H,29,32)/b21-5-. The molecule has 6 nitrogen and oxygen atoms in total. The number of hydrogen-bond donors (Lipinski definition) is 1. The van der Waals surface area contributed by atoms with E-state index in [9.17, 15) is 4.79 Å². The van der Waals surface area contributed by atoms with E-state index in [1.54, 1.807) is 6.92 Å². The lowest BCUT2D eigenvalue weighted by molar-refractivity contribution is 0.172. The molecule has 0 saturated carbocycles. The molecular weight excluding hydrogens is 426 g/mol. The maximum absolute atomic E-state index is 12.4. The Balaban J connectivity index is 1.46. The summed E-state index contributed by atoms with van der Waals surface area (Å²) in [4.78, 5) is 14.8. The molecular formula is C28H31N3O3. The van der Waals surface area contributed by atoms with Gasteiger partial charge in [0.25, 0.3) is 0 Å². The summed E-state index contributed by atoms with van der Waals surface area (Å²) in [5.74, 6) is 0.497. The fraction of sp³-hybridized carbons (Fsp3) is 0.286. The highest BCUT2D eigenvalue weighted by Gasteiger charge is 2.19. The van der Waals surface area contributed by atoms with E-state index < -0.39 is 6.09 Å². The Morgan fingerprint density at radius 1 is 1.09 bits per heavy atom. The minimum atomic E-state index is -0.567. The van der Waals surface area contributed by atoms with Crippen molar-refractivity contribution < 1.29 is 14.1 Å². The SMILES string of the molecule is C=C(C)/C(=C\C)COC(=O)Nc1c(C)noc1-c1ccc(-c2ccc(N3CCCC3)cc2)cc1. The molecule has 3 aromatic rings. The summed E-state index contributed by atoms with van der Waals surface area (Å²) in [5.41, 5.74) is 7.20. The van der Waals surface area contributed by atoms with Gasteiger partial charge < -0.3 is 14.2 Å². The van der Waals surface area contributed by atoms with Crippen LogP contribution >= 0.6 is 0 Å². The number of amides is 1. The van der Waals surface area contributed by atoms with Gasteiger partial charge in [0.15, 0.2) is 5.76 Å². The number of nitrogens with one attached hydrogen (secondary N) is 1. The average molecular weight is 458 g/mol. The van der Waals surface area contributed by atoms with Gasteiger partial charge in [-0.3, -0.25) is 5.32 Å². The summed E-state index contributed by atoms with van der Waals surface area (Å²) in [6.45, 7) is 11.9. The molecule has 1 aliphatic heterocycles. The number of benzene rings is 2. The van der Waals surface area contributed by atoms with Crippen molar-refractivity contribution in [3.63, 3.8) is 0 Å². The van der Waals surface area contributed by atoms with E-state index in [1.807, 2.05) is 44.2 Å². The molecule has 0 unspecified atom stereocenters. The van der Waals surface area contributed by atoms with Crippen LogP contribution in [0.15, 0.2) is 76.9 Å². The van der Waals surface area contributed by atoms with Crippen molar-refractivity contribution in [2.75, 3.05) is 29.9 Å². The number of carbonyl (C=O) groups excluding carboxylic acids is 1. The molecule has 176 valence electrons. The third-order valence-electron chi connectivity index (χ3n) is 6.16. The Labute approximate surface area is 200 Å². The zero-order chi connectivity index (χ0) is 24.1. The quantitative estimate of drug-likeness (QED) is 0.387. The second kappa shape index (κ2) is 10.4. The van der Waals surface area contributed by atoms with Crippen LogP contribution in [0, 0.1) is 6.92 Å². The predicted octanol–water partition coefficient (Wildman–Crippen LogP) is 6.99. The molecule has 1 aromatic heterocycles. The van der Waals surface area contributed by atoms with Gasteiger partial charge >= 0.3 is 6.09 Å². The molecule has 1 aliphatic rings. The van der Waals surface area contributed by atoms with Gasteiger partial charge in [0.1, 0.15) is 18.0 Å². The zero-order valence-corrected chi connectivity index (χ0v) is 20.1. The van der Waals surface area contributed by atoms with Gasteiger partial charge in [0.2, 0.25) is 0 Å². The number of allylic oxidation sites excluding steroid dienone is 1. The highest BCUT2D eigenvalue weighted by atomic mass is 16.5. The third kappa shape index (κ3) is 5.22. The molecule has 1 fully saturated rings. The van der Waals surface area contributed by atoms with Crippen molar-refractivity contribution in [2.24, 2.45) is 0 Å². The largest absolute Gasteiger partial charge is 0.444 e. The Hall–Kier alpha value is -3.80. The van der Waals surface area contributed by atoms with E-state index >= 15 is 0 Å². The van der Waals surface area contributed by atoms with Crippen molar-refractivity contribution in [3.05, 3.63) is 78.0 Å². The van der Waals surface area contributed by atoms with E-state index in [2.05, 4.69) is 46.2 Å². The zero-order valence-electron chi connectivity index (χ0n) is 20.1. The van der Waals surface area contributed by atoms with E-state index in [1.165, 1.54) is 18.5 Å². The van der Waals surface area contributed by atoms with Gasteiger partial charge in [-0.2, -0.15) is 0 Å². The summed E-state index contributed by atoms with van der Waals surface area (Å²) in [5, 5.41) is 6.81. The van der Waals surface area contributed by atoms with Crippen molar-refractivity contribution in [2.45, 2.75) is 33.6 Å². The smallest absolute Gasteiger partial charge is 0.412 e. The summed E-state index contributed by atoms with van der Waals surface area (Å²) in [6, 6.07) is 16.7. The van der Waals surface area contributed by atoms with Crippen LogP contribution in [-0.2, 0) is 4.74 Å². The lowest BCUT2D eigenvalue weighted by Gasteiger charge is -2.17. The maximum Gasteiger partial charge on any atom is 0.412 e. The number of carbonyl (C=O) groups is 1. The summed E-state index contributed by atoms with van der Waals surface area (Å²) in [6.07, 6.45) is 3.85. The molecule has 2 heterocycles. The Bertz CT molecular complexity index is 1180. The van der Waals surface area contributed by atoms with Gasteiger partial charge in [0.05, 0.1) is 0 Å². The van der Waals surface area contributed by atoms with Crippen molar-refractivity contribution in [1.82, 2.24) is 5.16 Å². The minimum Gasteiger partial charge on any atom is -0.444 e. The van der Waals surface area contributed by atoms with Crippen molar-refractivity contribution >= 4 is 17.5 Å². The van der Waals surface area contributed by atoms with E-state index in [-0.39, 0.29) is 6.61 Å². The van der Waals surface area contributed by atoms with Gasteiger partial charge in [-0.25, -0.2) is 4.79 Å². The molecule has 0 spiro atoms. The van der Waals surface area contributed by atoms with Crippen LogP contribution in [0.1, 0.15) is 32.4 Å². The lowest BCUT2D eigenvalue weighted by atomic mass is 10.0. The first-order valence-corrected chi connectivity index (χ1v) is 11.6. The van der Waals surface area contributed by atoms with Crippen LogP contribution in [0.2, 0.25) is 0 Å². The first-order valence-electron chi connectivity index (χ1n) is 11.6. The van der Waals surface area contributed by atoms with Crippen LogP contribution in [0.5, 0.6) is 0 Å². The fourth-order valence-corrected chi connectivity index (χ4v) is 4.10. The third-order valence-corrected chi connectivity index (χ3v) is 6.16. The summed E-state index contributed by atoms with van der Waals surface area (Å²) >= 11 is 0. The summed E-state index contributed by atoms with van der Waals surface area (Å²) < 4.78 is 10.9. The van der Waals surface area contributed by atoms with Crippen LogP contribution in [0.4, 0.5) is 16.2 Å². The molecule has 1 N–H and O–H groups in total. The van der Waals surface area contributed by atoms with E-state index in [0.29, 0.717) is 17.1 Å². The highest BCUT2D eigenvalue weighted by molar-refractivity contribution is 5.91. The minimum absolute atomic E-state index is 0.155. The van der Waals surface area contributed by atoms with Crippen LogP contribution < -0.4 is 10.2 Å². The second-order valence-corrected chi connectivity index (χ2v) is 8.59. The number of anilines is 2. The first-order chi connectivity index (χ1) is 16.5. The molecule has 4 rings (SSSR count). The molecule has 0 aliphatic carbocycles. The van der Waals surface area contributed by atoms with Crippen molar-refractivity contribution in [3.8, 4) is 22.5 Å². The second-order valence-electron chi connectivity index (χ2n) is 8.59. The predicted molar refractivity (Wildman–Crippen MR) is 137 cm³/mol. The van der Waals surface area contributed by atoms with Crippen molar-refractivity contribution in [1.29, 1.82) is 0 Å². The molecule has 2 aromatic carbocycles. The molecule has 6 heteroatoms. The molecule has 34 heavy (non-hydrogen) atoms. The van der Waals surface area contributed by atoms with E-state index in [0.717, 1.165) is 40.9 Å². The monoisotopic (exact) mass is 457 g/mol. The first kappa shape index (κ1) is 23.4. The van der Waals surface area contributed by atoms with Gasteiger partial charge in [-0.15, -0.1) is 0 Å². The summed E-state index contributed by atoms with van der Waals surface area (Å²) in [7, 11) is 0. The van der Waals surface area contributed by atoms with Gasteiger partial charge in [0, 0.05) is 24.3 Å². The molecule has 1 saturated heterocycles. The number of ether oxygens (including phenoxy) is 1. The number of aromatic nitrogens is 1. The normalized spacial score (nSPS) is 13.7. The molecule has 0 atom stereocenters. The fourth-order valence-electron chi connectivity index (χ4n) is 4.10. The van der Waals surface area contributed by atoms with Gasteiger partial charge in [-0.05, 0) is 62.4 Å². The van der Waals surface area contributed by atoms with Crippen LogP contribution in [0.25, 0.3) is 22.5 Å².